The Hall–Kier alpha value is -1.51. The molecular weight excluding hydrogens is 262 g/mol. The largest absolute Gasteiger partial charge is 0.491 e. The minimum Gasteiger partial charge on any atom is -0.491 e. The van der Waals surface area contributed by atoms with Crippen LogP contribution in [-0.2, 0) is 0 Å². The van der Waals surface area contributed by atoms with Gasteiger partial charge >= 0.3 is 0 Å². The van der Waals surface area contributed by atoms with Gasteiger partial charge in [0.15, 0.2) is 0 Å². The molecule has 3 heteroatoms. The number of ether oxygens (including phenoxy) is 1. The van der Waals surface area contributed by atoms with Crippen molar-refractivity contribution in [3.8, 4) is 5.75 Å². The molecule has 0 aliphatic carbocycles. The number of unbranched alkanes of at least 4 members (excludes halogenated alkanes) is 2. The zero-order valence-corrected chi connectivity index (χ0v) is 13.9. The number of hydrogen-bond acceptors (Lipinski definition) is 2. The van der Waals surface area contributed by atoms with Crippen LogP contribution >= 0.6 is 0 Å². The van der Waals surface area contributed by atoms with Crippen LogP contribution in [0.1, 0.15) is 63.7 Å². The van der Waals surface area contributed by atoms with E-state index in [1.807, 2.05) is 43.0 Å². The number of rotatable bonds is 9. The predicted octanol–water partition coefficient (Wildman–Crippen LogP) is 4.52. The third-order valence-corrected chi connectivity index (χ3v) is 3.32. The van der Waals surface area contributed by atoms with Crippen molar-refractivity contribution >= 4 is 5.91 Å². The minimum absolute atomic E-state index is 0.132. The Kier molecular flexibility index (Phi) is 7.88. The van der Waals surface area contributed by atoms with Crippen LogP contribution in [0, 0.1) is 0 Å². The molecule has 0 atom stereocenters. The van der Waals surface area contributed by atoms with E-state index >= 15 is 0 Å². The Morgan fingerprint density at radius 3 is 2.00 bits per heavy atom. The number of nitrogens with zero attached hydrogens (tertiary/aromatic N) is 1. The molecule has 118 valence electrons. The SMILES string of the molecule is CCCCN(CCCC)C(=O)c1ccc(OC(C)C)cc1. The molecule has 1 amide bonds. The van der Waals surface area contributed by atoms with Gasteiger partial charge in [-0.1, -0.05) is 26.7 Å². The maximum atomic E-state index is 12.6. The summed E-state index contributed by atoms with van der Waals surface area (Å²) in [5.41, 5.74) is 0.748. The molecule has 0 fully saturated rings. The molecule has 21 heavy (non-hydrogen) atoms. The number of benzene rings is 1. The third-order valence-electron chi connectivity index (χ3n) is 3.32. The predicted molar refractivity (Wildman–Crippen MR) is 87.9 cm³/mol. The lowest BCUT2D eigenvalue weighted by atomic mass is 10.1. The summed E-state index contributed by atoms with van der Waals surface area (Å²) in [7, 11) is 0. The number of amides is 1. The molecule has 0 aliphatic rings. The van der Waals surface area contributed by atoms with E-state index in [0.717, 1.165) is 50.1 Å². The average molecular weight is 291 g/mol. The van der Waals surface area contributed by atoms with E-state index < -0.39 is 0 Å². The monoisotopic (exact) mass is 291 g/mol. The fourth-order valence-electron chi connectivity index (χ4n) is 2.14. The van der Waals surface area contributed by atoms with Gasteiger partial charge in [-0.2, -0.15) is 0 Å². The first-order chi connectivity index (χ1) is 10.1. The Morgan fingerprint density at radius 1 is 1.05 bits per heavy atom. The van der Waals surface area contributed by atoms with Crippen LogP contribution in [0.5, 0.6) is 5.75 Å². The molecule has 0 aromatic heterocycles. The van der Waals surface area contributed by atoms with Crippen molar-refractivity contribution in [3.05, 3.63) is 29.8 Å². The second kappa shape index (κ2) is 9.43. The van der Waals surface area contributed by atoms with Crippen molar-refractivity contribution in [1.29, 1.82) is 0 Å². The van der Waals surface area contributed by atoms with Crippen molar-refractivity contribution < 1.29 is 9.53 Å². The van der Waals surface area contributed by atoms with Gasteiger partial charge < -0.3 is 9.64 Å². The number of carbonyl (C=O) groups is 1. The topological polar surface area (TPSA) is 29.5 Å². The number of carbonyl (C=O) groups excluding carboxylic acids is 1. The van der Waals surface area contributed by atoms with Gasteiger partial charge in [-0.3, -0.25) is 4.79 Å². The van der Waals surface area contributed by atoms with Crippen LogP contribution in [-0.4, -0.2) is 30.0 Å². The van der Waals surface area contributed by atoms with E-state index in [1.165, 1.54) is 0 Å². The molecule has 0 radical (unpaired) electrons. The van der Waals surface area contributed by atoms with Crippen LogP contribution in [0.4, 0.5) is 0 Å². The molecule has 0 saturated heterocycles. The molecule has 0 unspecified atom stereocenters. The normalized spacial score (nSPS) is 10.7. The number of hydrogen-bond donors (Lipinski definition) is 0. The molecule has 1 aromatic carbocycles. The summed E-state index contributed by atoms with van der Waals surface area (Å²) in [6, 6.07) is 7.49. The fraction of sp³-hybridized carbons (Fsp3) is 0.611. The lowest BCUT2D eigenvalue weighted by Crippen LogP contribution is -2.32. The molecular formula is C18H29NO2. The zero-order valence-electron chi connectivity index (χ0n) is 13.9. The highest BCUT2D eigenvalue weighted by atomic mass is 16.5. The van der Waals surface area contributed by atoms with Crippen molar-refractivity contribution in [2.45, 2.75) is 59.5 Å². The second-order valence-electron chi connectivity index (χ2n) is 5.69. The molecule has 0 bridgehead atoms. The van der Waals surface area contributed by atoms with E-state index in [9.17, 15) is 4.79 Å². The first-order valence-corrected chi connectivity index (χ1v) is 8.14. The van der Waals surface area contributed by atoms with Crippen molar-refractivity contribution in [2.24, 2.45) is 0 Å². The summed E-state index contributed by atoms with van der Waals surface area (Å²) in [5.74, 6) is 0.947. The average Bonchev–Trinajstić information content (AvgIpc) is 2.47. The van der Waals surface area contributed by atoms with Crippen LogP contribution in [0.25, 0.3) is 0 Å². The highest BCUT2D eigenvalue weighted by Crippen LogP contribution is 2.16. The van der Waals surface area contributed by atoms with Gasteiger partial charge in [0.1, 0.15) is 5.75 Å². The minimum atomic E-state index is 0.132. The summed E-state index contributed by atoms with van der Waals surface area (Å²) in [6.07, 6.45) is 4.49. The van der Waals surface area contributed by atoms with Crippen molar-refractivity contribution in [2.75, 3.05) is 13.1 Å². The van der Waals surface area contributed by atoms with E-state index in [2.05, 4.69) is 13.8 Å². The summed E-state index contributed by atoms with van der Waals surface area (Å²) in [4.78, 5) is 14.6. The highest BCUT2D eigenvalue weighted by Gasteiger charge is 2.14. The highest BCUT2D eigenvalue weighted by molar-refractivity contribution is 5.94. The van der Waals surface area contributed by atoms with Gasteiger partial charge in [-0.15, -0.1) is 0 Å². The standard InChI is InChI=1S/C18H29NO2/c1-5-7-13-19(14-8-6-2)18(20)16-9-11-17(12-10-16)21-15(3)4/h9-12,15H,5-8,13-14H2,1-4H3. The molecule has 0 heterocycles. The van der Waals surface area contributed by atoms with Gasteiger partial charge in [0.25, 0.3) is 5.91 Å². The maximum Gasteiger partial charge on any atom is 0.253 e. The lowest BCUT2D eigenvalue weighted by molar-refractivity contribution is 0.0751. The smallest absolute Gasteiger partial charge is 0.253 e. The van der Waals surface area contributed by atoms with Gasteiger partial charge in [0, 0.05) is 18.7 Å². The van der Waals surface area contributed by atoms with Crippen molar-refractivity contribution in [3.63, 3.8) is 0 Å². The first kappa shape index (κ1) is 17.5. The Morgan fingerprint density at radius 2 is 1.57 bits per heavy atom. The van der Waals surface area contributed by atoms with Crippen LogP contribution in [0.2, 0.25) is 0 Å². The fourth-order valence-corrected chi connectivity index (χ4v) is 2.14. The quantitative estimate of drug-likeness (QED) is 0.669. The third kappa shape index (κ3) is 6.19. The molecule has 1 rings (SSSR count). The molecule has 3 nitrogen and oxygen atoms in total. The Bertz CT molecular complexity index is 404. The van der Waals surface area contributed by atoms with E-state index in [1.54, 1.807) is 0 Å². The van der Waals surface area contributed by atoms with Crippen LogP contribution in [0.3, 0.4) is 0 Å². The summed E-state index contributed by atoms with van der Waals surface area (Å²) in [5, 5.41) is 0. The zero-order chi connectivity index (χ0) is 15.7. The summed E-state index contributed by atoms with van der Waals surface area (Å²) in [6.45, 7) is 9.99. The van der Waals surface area contributed by atoms with Crippen molar-refractivity contribution in [1.82, 2.24) is 4.90 Å². The lowest BCUT2D eigenvalue weighted by Gasteiger charge is -2.22. The second-order valence-corrected chi connectivity index (χ2v) is 5.69. The Labute approximate surface area is 129 Å². The van der Waals surface area contributed by atoms with Gasteiger partial charge in [0.2, 0.25) is 0 Å². The van der Waals surface area contributed by atoms with E-state index in [-0.39, 0.29) is 12.0 Å². The molecule has 0 N–H and O–H groups in total. The van der Waals surface area contributed by atoms with Crippen LogP contribution < -0.4 is 4.74 Å². The van der Waals surface area contributed by atoms with Crippen LogP contribution in [0.15, 0.2) is 24.3 Å². The van der Waals surface area contributed by atoms with Gasteiger partial charge in [0.05, 0.1) is 6.10 Å². The molecule has 0 aliphatic heterocycles. The summed E-state index contributed by atoms with van der Waals surface area (Å²) < 4.78 is 5.61. The summed E-state index contributed by atoms with van der Waals surface area (Å²) >= 11 is 0. The molecule has 1 aromatic rings. The molecule has 0 spiro atoms. The van der Waals surface area contributed by atoms with Gasteiger partial charge in [-0.05, 0) is 51.0 Å². The van der Waals surface area contributed by atoms with E-state index in [0.29, 0.717) is 0 Å². The molecule has 0 saturated carbocycles. The Balaban J connectivity index is 2.72. The van der Waals surface area contributed by atoms with Gasteiger partial charge in [-0.25, -0.2) is 0 Å². The first-order valence-electron chi connectivity index (χ1n) is 8.14. The van der Waals surface area contributed by atoms with E-state index in [4.69, 9.17) is 4.74 Å². The maximum absolute atomic E-state index is 12.6.